The van der Waals surface area contributed by atoms with Crippen molar-refractivity contribution >= 4 is 24.0 Å². The molecular formula is C20H26ClFN2O2. The normalized spacial score (nSPS) is 10.1. The fourth-order valence-corrected chi connectivity index (χ4v) is 2.46. The van der Waals surface area contributed by atoms with Gasteiger partial charge in [-0.1, -0.05) is 31.0 Å². The summed E-state index contributed by atoms with van der Waals surface area (Å²) in [6, 6.07) is 13.5. The molecule has 0 aliphatic heterocycles. The van der Waals surface area contributed by atoms with E-state index < -0.39 is 0 Å². The maximum atomic E-state index is 13.2. The highest BCUT2D eigenvalue weighted by Gasteiger charge is 2.04. The summed E-state index contributed by atoms with van der Waals surface area (Å²) >= 11 is 0. The Balaban J connectivity index is 0.00000338. The molecule has 0 saturated heterocycles. The number of unbranched alkanes of at least 4 members (excludes halogenated alkanes) is 3. The van der Waals surface area contributed by atoms with Crippen LogP contribution in [0.4, 0.5) is 10.1 Å². The molecule has 0 aromatic heterocycles. The zero-order valence-corrected chi connectivity index (χ0v) is 15.6. The second-order valence-electron chi connectivity index (χ2n) is 5.95. The van der Waals surface area contributed by atoms with Crippen LogP contribution in [0.2, 0.25) is 0 Å². The maximum absolute atomic E-state index is 13.2. The molecule has 0 unspecified atom stereocenters. The Bertz CT molecular complexity index is 682. The number of anilines is 1. The predicted molar refractivity (Wildman–Crippen MR) is 105 cm³/mol. The molecule has 2 aromatic rings. The van der Waals surface area contributed by atoms with Gasteiger partial charge in [0.05, 0.1) is 0 Å². The van der Waals surface area contributed by atoms with Crippen LogP contribution in [0.3, 0.4) is 0 Å². The van der Waals surface area contributed by atoms with Crippen molar-refractivity contribution < 1.29 is 13.9 Å². The average Bonchev–Trinajstić information content (AvgIpc) is 2.60. The molecule has 0 bridgehead atoms. The van der Waals surface area contributed by atoms with Crippen molar-refractivity contribution in [2.75, 3.05) is 11.9 Å². The van der Waals surface area contributed by atoms with Gasteiger partial charge in [-0.15, -0.1) is 12.4 Å². The first-order chi connectivity index (χ1) is 12.2. The number of benzene rings is 2. The lowest BCUT2D eigenvalue weighted by Crippen LogP contribution is -2.11. The number of rotatable bonds is 10. The average molecular weight is 381 g/mol. The van der Waals surface area contributed by atoms with E-state index in [-0.39, 0.29) is 30.7 Å². The van der Waals surface area contributed by atoms with Crippen molar-refractivity contribution in [3.8, 4) is 5.75 Å². The minimum Gasteiger partial charge on any atom is -0.489 e. The van der Waals surface area contributed by atoms with Crippen LogP contribution in [0.15, 0.2) is 48.5 Å². The zero-order valence-electron chi connectivity index (χ0n) is 14.7. The Kier molecular flexibility index (Phi) is 10.4. The SMILES string of the molecule is Cl.NCCCCCCC(=O)Nc1cccc(OCc2cccc(F)c2)c1. The van der Waals surface area contributed by atoms with Gasteiger partial charge in [-0.3, -0.25) is 4.79 Å². The number of nitrogens with one attached hydrogen (secondary N) is 1. The minimum atomic E-state index is -0.284. The van der Waals surface area contributed by atoms with E-state index in [2.05, 4.69) is 5.32 Å². The van der Waals surface area contributed by atoms with Gasteiger partial charge in [-0.2, -0.15) is 0 Å². The zero-order chi connectivity index (χ0) is 17.9. The molecule has 6 heteroatoms. The third-order valence-electron chi connectivity index (χ3n) is 3.77. The number of carbonyl (C=O) groups is 1. The number of hydrogen-bond acceptors (Lipinski definition) is 3. The number of hydrogen-bond donors (Lipinski definition) is 2. The quantitative estimate of drug-likeness (QED) is 0.588. The lowest BCUT2D eigenvalue weighted by Gasteiger charge is -2.09. The summed E-state index contributed by atoms with van der Waals surface area (Å²) in [7, 11) is 0. The van der Waals surface area contributed by atoms with Gasteiger partial charge in [0.1, 0.15) is 18.2 Å². The van der Waals surface area contributed by atoms with E-state index in [0.29, 0.717) is 24.4 Å². The van der Waals surface area contributed by atoms with Crippen LogP contribution >= 0.6 is 12.4 Å². The first-order valence-electron chi connectivity index (χ1n) is 8.64. The molecule has 1 amide bonds. The largest absolute Gasteiger partial charge is 0.489 e. The van der Waals surface area contributed by atoms with Crippen molar-refractivity contribution in [2.45, 2.75) is 38.7 Å². The second-order valence-corrected chi connectivity index (χ2v) is 5.95. The summed E-state index contributed by atoms with van der Waals surface area (Å²) in [5.74, 6) is 0.341. The van der Waals surface area contributed by atoms with Crippen molar-refractivity contribution in [2.24, 2.45) is 5.73 Å². The van der Waals surface area contributed by atoms with Gasteiger partial charge in [-0.25, -0.2) is 4.39 Å². The van der Waals surface area contributed by atoms with Crippen molar-refractivity contribution in [1.29, 1.82) is 0 Å². The van der Waals surface area contributed by atoms with E-state index >= 15 is 0 Å². The summed E-state index contributed by atoms with van der Waals surface area (Å²) < 4.78 is 18.8. The van der Waals surface area contributed by atoms with Crippen LogP contribution in [0, 0.1) is 5.82 Å². The van der Waals surface area contributed by atoms with Crippen LogP contribution in [0.5, 0.6) is 5.75 Å². The Morgan fingerprint density at radius 1 is 1.04 bits per heavy atom. The summed E-state index contributed by atoms with van der Waals surface area (Å²) in [6.07, 6.45) is 4.45. The van der Waals surface area contributed by atoms with Crippen molar-refractivity contribution in [1.82, 2.24) is 0 Å². The number of nitrogens with two attached hydrogens (primary N) is 1. The van der Waals surface area contributed by atoms with E-state index in [1.54, 1.807) is 18.2 Å². The van der Waals surface area contributed by atoms with Gasteiger partial charge < -0.3 is 15.8 Å². The van der Waals surface area contributed by atoms with Gasteiger partial charge in [0.25, 0.3) is 0 Å². The number of amides is 1. The molecule has 0 aliphatic rings. The van der Waals surface area contributed by atoms with Gasteiger partial charge in [0.2, 0.25) is 5.91 Å². The third-order valence-corrected chi connectivity index (χ3v) is 3.77. The number of carbonyl (C=O) groups excluding carboxylic acids is 1. The number of ether oxygens (including phenoxy) is 1. The fourth-order valence-electron chi connectivity index (χ4n) is 2.46. The lowest BCUT2D eigenvalue weighted by molar-refractivity contribution is -0.116. The molecule has 0 saturated carbocycles. The molecule has 3 N–H and O–H groups in total. The molecule has 0 radical (unpaired) electrons. The maximum Gasteiger partial charge on any atom is 0.224 e. The Hall–Kier alpha value is -2.11. The molecule has 4 nitrogen and oxygen atoms in total. The molecule has 0 atom stereocenters. The van der Waals surface area contributed by atoms with Crippen LogP contribution in [-0.2, 0) is 11.4 Å². The highest BCUT2D eigenvalue weighted by molar-refractivity contribution is 5.90. The Labute approximate surface area is 160 Å². The molecule has 26 heavy (non-hydrogen) atoms. The smallest absolute Gasteiger partial charge is 0.224 e. The minimum absolute atomic E-state index is 0. The third kappa shape index (κ3) is 8.32. The fraction of sp³-hybridized carbons (Fsp3) is 0.350. The monoisotopic (exact) mass is 380 g/mol. The topological polar surface area (TPSA) is 64.4 Å². The van der Waals surface area contributed by atoms with Crippen LogP contribution in [-0.4, -0.2) is 12.5 Å². The van der Waals surface area contributed by atoms with E-state index in [9.17, 15) is 9.18 Å². The molecular weight excluding hydrogens is 355 g/mol. The molecule has 2 aromatic carbocycles. The molecule has 0 heterocycles. The van der Waals surface area contributed by atoms with E-state index in [1.807, 2.05) is 18.2 Å². The van der Waals surface area contributed by atoms with Gasteiger partial charge in [-0.05, 0) is 49.2 Å². The highest BCUT2D eigenvalue weighted by atomic mass is 35.5. The van der Waals surface area contributed by atoms with Gasteiger partial charge >= 0.3 is 0 Å². The van der Waals surface area contributed by atoms with Crippen LogP contribution in [0.25, 0.3) is 0 Å². The lowest BCUT2D eigenvalue weighted by atomic mass is 10.1. The molecule has 0 spiro atoms. The van der Waals surface area contributed by atoms with E-state index in [1.165, 1.54) is 12.1 Å². The molecule has 0 aliphatic carbocycles. The molecule has 142 valence electrons. The first kappa shape index (κ1) is 21.9. The van der Waals surface area contributed by atoms with Crippen LogP contribution < -0.4 is 15.8 Å². The summed E-state index contributed by atoms with van der Waals surface area (Å²) in [5.41, 5.74) is 6.90. The first-order valence-corrected chi connectivity index (χ1v) is 8.64. The Morgan fingerprint density at radius 3 is 2.58 bits per heavy atom. The summed E-state index contributed by atoms with van der Waals surface area (Å²) in [4.78, 5) is 12.0. The summed E-state index contributed by atoms with van der Waals surface area (Å²) in [5, 5.41) is 2.88. The van der Waals surface area contributed by atoms with Crippen molar-refractivity contribution in [3.05, 3.63) is 59.9 Å². The van der Waals surface area contributed by atoms with Crippen LogP contribution in [0.1, 0.15) is 37.7 Å². The number of halogens is 2. The summed E-state index contributed by atoms with van der Waals surface area (Å²) in [6.45, 7) is 0.977. The second kappa shape index (κ2) is 12.3. The van der Waals surface area contributed by atoms with Crippen molar-refractivity contribution in [3.63, 3.8) is 0 Å². The Morgan fingerprint density at radius 2 is 1.81 bits per heavy atom. The molecule has 0 fully saturated rings. The van der Waals surface area contributed by atoms with E-state index in [4.69, 9.17) is 10.5 Å². The predicted octanol–water partition coefficient (Wildman–Crippen LogP) is 4.67. The van der Waals surface area contributed by atoms with Gasteiger partial charge in [0, 0.05) is 18.2 Å². The standard InChI is InChI=1S/C20H25FN2O2.ClH/c21-17-8-5-7-16(13-17)15-25-19-10-6-9-18(14-19)23-20(24)11-3-1-2-4-12-22;/h5-10,13-14H,1-4,11-12,15,22H2,(H,23,24);1H. The van der Waals surface area contributed by atoms with Gasteiger partial charge in [0.15, 0.2) is 0 Å². The molecule has 2 rings (SSSR count). The highest BCUT2D eigenvalue weighted by Crippen LogP contribution is 2.19. The van der Waals surface area contributed by atoms with E-state index in [0.717, 1.165) is 31.2 Å².